The highest BCUT2D eigenvalue weighted by Gasteiger charge is 2.00. The Labute approximate surface area is 314 Å². The molecule has 318 valence electrons. The van der Waals surface area contributed by atoms with Gasteiger partial charge in [-0.25, -0.2) is 4.79 Å². The van der Waals surface area contributed by atoms with Crippen LogP contribution in [0.2, 0.25) is 0 Å². The van der Waals surface area contributed by atoms with Crippen LogP contribution in [0.3, 0.4) is 0 Å². The minimum Gasteiger partial charge on any atom is -0.478 e. The van der Waals surface area contributed by atoms with Gasteiger partial charge in [0, 0.05) is 13.2 Å². The second-order valence-electron chi connectivity index (χ2n) is 9.99. The lowest BCUT2D eigenvalue weighted by Gasteiger charge is -2.10. The van der Waals surface area contributed by atoms with Gasteiger partial charge in [0.25, 0.3) is 0 Å². The SMILES string of the molecule is C=CC(=O)O.COC(O)COCCOCCOCCOCCOCCOCCOCCOCCOCCOCCOCCOCCOCCOCCO. The number of methoxy groups -OCH3 is 1. The average molecular weight is 781 g/mol. The Balaban J connectivity index is 0. The monoisotopic (exact) mass is 780 g/mol. The molecular weight excluding hydrogens is 712 g/mol. The molecule has 0 aliphatic carbocycles. The predicted octanol–water partition coefficient (Wildman–Crippen LogP) is -0.567. The summed E-state index contributed by atoms with van der Waals surface area (Å²) in [6.45, 7) is 16.0. The van der Waals surface area contributed by atoms with Crippen molar-refractivity contribution in [3.63, 3.8) is 0 Å². The van der Waals surface area contributed by atoms with Crippen molar-refractivity contribution >= 4 is 5.97 Å². The maximum atomic E-state index is 9.25. The van der Waals surface area contributed by atoms with Gasteiger partial charge in [0.05, 0.1) is 192 Å². The molecule has 0 fully saturated rings. The first-order valence-electron chi connectivity index (χ1n) is 17.8. The molecule has 0 aromatic heterocycles. The van der Waals surface area contributed by atoms with Crippen LogP contribution in [0.4, 0.5) is 0 Å². The zero-order valence-electron chi connectivity index (χ0n) is 31.7. The van der Waals surface area contributed by atoms with Crippen molar-refractivity contribution in [3.05, 3.63) is 12.7 Å². The number of carboxylic acid groups (broad SMARTS) is 1. The van der Waals surface area contributed by atoms with Crippen LogP contribution >= 0.6 is 0 Å². The number of aliphatic carboxylic acids is 1. The summed E-state index contributed by atoms with van der Waals surface area (Å²) in [6.07, 6.45) is -0.0720. The second-order valence-corrected chi connectivity index (χ2v) is 9.99. The van der Waals surface area contributed by atoms with Crippen molar-refractivity contribution in [2.45, 2.75) is 6.29 Å². The third-order valence-corrected chi connectivity index (χ3v) is 5.78. The number of rotatable bonds is 45. The van der Waals surface area contributed by atoms with E-state index < -0.39 is 12.3 Å². The molecule has 0 amide bonds. The second kappa shape index (κ2) is 50.5. The zero-order chi connectivity index (χ0) is 39.0. The van der Waals surface area contributed by atoms with Crippen LogP contribution in [0.15, 0.2) is 12.7 Å². The van der Waals surface area contributed by atoms with Crippen molar-refractivity contribution in [3.8, 4) is 0 Å². The van der Waals surface area contributed by atoms with Crippen molar-refractivity contribution in [2.24, 2.45) is 0 Å². The Morgan fingerprint density at radius 3 is 0.755 bits per heavy atom. The lowest BCUT2D eigenvalue weighted by Crippen LogP contribution is -2.19. The molecule has 1 atom stereocenters. The Hall–Kier alpha value is -1.47. The van der Waals surface area contributed by atoms with Gasteiger partial charge < -0.3 is 86.4 Å². The molecule has 0 heterocycles. The molecule has 3 N–H and O–H groups in total. The molecule has 19 heteroatoms. The highest BCUT2D eigenvalue weighted by Crippen LogP contribution is 1.89. The standard InChI is InChI=1S/C31H64O17.C3H4O2/c1-34-31(33)30-48-29-28-47-27-26-46-25-24-45-23-22-44-21-20-43-19-18-42-17-16-41-15-14-40-13-12-39-11-10-38-9-8-37-7-6-36-5-4-35-3-2-32;1-2-3(4)5/h31-33H,2-30H2,1H3;2H,1H2,(H,4,5). The lowest BCUT2D eigenvalue weighted by molar-refractivity contribution is -0.131. The van der Waals surface area contributed by atoms with Gasteiger partial charge >= 0.3 is 5.97 Å². The van der Waals surface area contributed by atoms with Crippen LogP contribution < -0.4 is 0 Å². The predicted molar refractivity (Wildman–Crippen MR) is 189 cm³/mol. The summed E-state index contributed by atoms with van der Waals surface area (Å²) in [6, 6.07) is 0. The summed E-state index contributed by atoms with van der Waals surface area (Å²) in [5, 5.41) is 25.3. The molecule has 0 rings (SSSR count). The first-order valence-corrected chi connectivity index (χ1v) is 17.8. The van der Waals surface area contributed by atoms with Gasteiger partial charge in [-0.05, 0) is 0 Å². The molecule has 0 aliphatic rings. The van der Waals surface area contributed by atoms with Gasteiger partial charge in [0.15, 0.2) is 6.29 Å². The molecule has 0 bridgehead atoms. The number of hydrogen-bond donors (Lipinski definition) is 3. The van der Waals surface area contributed by atoms with E-state index in [4.69, 9.17) is 81.6 Å². The molecule has 1 unspecified atom stereocenters. The molecule has 0 aromatic rings. The molecule has 0 aromatic carbocycles. The molecular formula is C34H68O19. The maximum Gasteiger partial charge on any atom is 0.327 e. The fraction of sp³-hybridized carbons (Fsp3) is 0.912. The average Bonchev–Trinajstić information content (AvgIpc) is 3.16. The van der Waals surface area contributed by atoms with Crippen LogP contribution in [-0.4, -0.2) is 226 Å². The van der Waals surface area contributed by atoms with Gasteiger partial charge in [0.2, 0.25) is 0 Å². The summed E-state index contributed by atoms with van der Waals surface area (Å²) >= 11 is 0. The summed E-state index contributed by atoms with van der Waals surface area (Å²) in [5.74, 6) is -0.981. The molecule has 0 radical (unpaired) electrons. The third kappa shape index (κ3) is 55.0. The minimum absolute atomic E-state index is 0.0214. The lowest BCUT2D eigenvalue weighted by atomic mass is 10.6. The minimum atomic E-state index is -0.981. The van der Waals surface area contributed by atoms with Crippen molar-refractivity contribution in [1.29, 1.82) is 0 Å². The van der Waals surface area contributed by atoms with Crippen molar-refractivity contribution in [1.82, 2.24) is 0 Å². The molecule has 53 heavy (non-hydrogen) atoms. The Morgan fingerprint density at radius 1 is 0.434 bits per heavy atom. The summed E-state index contributed by atoms with van der Waals surface area (Å²) in [4.78, 5) is 9.25. The third-order valence-electron chi connectivity index (χ3n) is 5.78. The highest BCUT2D eigenvalue weighted by atomic mass is 16.6. The Morgan fingerprint density at radius 2 is 0.604 bits per heavy atom. The van der Waals surface area contributed by atoms with E-state index >= 15 is 0 Å². The fourth-order valence-corrected chi connectivity index (χ4v) is 3.18. The Kier molecular flexibility index (Phi) is 51.1. The van der Waals surface area contributed by atoms with Gasteiger partial charge in [-0.3, -0.25) is 0 Å². The molecule has 19 nitrogen and oxygen atoms in total. The van der Waals surface area contributed by atoms with Crippen LogP contribution in [-0.2, 0) is 75.8 Å². The summed E-state index contributed by atoms with van der Waals surface area (Å²) in [7, 11) is 1.41. The summed E-state index contributed by atoms with van der Waals surface area (Å²) < 4.78 is 80.0. The maximum absolute atomic E-state index is 9.25. The van der Waals surface area contributed by atoms with E-state index in [2.05, 4.69) is 11.3 Å². The molecule has 0 aliphatic heterocycles. The van der Waals surface area contributed by atoms with Gasteiger partial charge in [0.1, 0.15) is 0 Å². The number of ether oxygens (including phenoxy) is 15. The summed E-state index contributed by atoms with van der Waals surface area (Å²) in [5.41, 5.74) is 0. The molecule has 0 spiro atoms. The molecule has 0 saturated carbocycles. The smallest absolute Gasteiger partial charge is 0.327 e. The molecule has 0 saturated heterocycles. The number of aliphatic hydroxyl groups excluding tert-OH is 2. The van der Waals surface area contributed by atoms with E-state index in [9.17, 15) is 4.79 Å². The van der Waals surface area contributed by atoms with E-state index in [1.54, 1.807) is 0 Å². The van der Waals surface area contributed by atoms with Crippen LogP contribution in [0.1, 0.15) is 0 Å². The highest BCUT2D eigenvalue weighted by molar-refractivity contribution is 5.78. The largest absolute Gasteiger partial charge is 0.478 e. The van der Waals surface area contributed by atoms with E-state index in [-0.39, 0.29) is 13.2 Å². The van der Waals surface area contributed by atoms with Crippen LogP contribution in [0, 0.1) is 0 Å². The number of hydrogen-bond acceptors (Lipinski definition) is 18. The van der Waals surface area contributed by atoms with Crippen molar-refractivity contribution < 1.29 is 91.2 Å². The van der Waals surface area contributed by atoms with Gasteiger partial charge in [-0.1, -0.05) is 6.58 Å². The van der Waals surface area contributed by atoms with E-state index in [0.717, 1.165) is 6.08 Å². The first kappa shape index (κ1) is 53.6. The Bertz CT molecular complexity index is 694. The zero-order valence-corrected chi connectivity index (χ0v) is 31.7. The first-order chi connectivity index (χ1) is 26.1. The van der Waals surface area contributed by atoms with Gasteiger partial charge in [-0.2, -0.15) is 0 Å². The normalized spacial score (nSPS) is 11.8. The number of carbonyl (C=O) groups is 1. The van der Waals surface area contributed by atoms with Crippen molar-refractivity contribution in [2.75, 3.05) is 199 Å². The number of carboxylic acids is 1. The number of aliphatic hydroxyl groups is 2. The van der Waals surface area contributed by atoms with Crippen LogP contribution in [0.5, 0.6) is 0 Å². The quantitative estimate of drug-likeness (QED) is 0.0401. The van der Waals surface area contributed by atoms with E-state index in [1.165, 1.54) is 7.11 Å². The van der Waals surface area contributed by atoms with Crippen LogP contribution in [0.25, 0.3) is 0 Å². The van der Waals surface area contributed by atoms with E-state index in [1.807, 2.05) is 0 Å². The topological polar surface area (TPSA) is 216 Å². The fourth-order valence-electron chi connectivity index (χ4n) is 3.18. The van der Waals surface area contributed by atoms with Gasteiger partial charge in [-0.15, -0.1) is 0 Å². The van der Waals surface area contributed by atoms with E-state index in [0.29, 0.717) is 178 Å².